The van der Waals surface area contributed by atoms with Gasteiger partial charge in [0.2, 0.25) is 17.0 Å². The van der Waals surface area contributed by atoms with Gasteiger partial charge in [-0.1, -0.05) is 23.9 Å². The van der Waals surface area contributed by atoms with Crippen LogP contribution in [0.3, 0.4) is 0 Å². The third-order valence-electron chi connectivity index (χ3n) is 4.57. The van der Waals surface area contributed by atoms with E-state index in [4.69, 9.17) is 0 Å². The van der Waals surface area contributed by atoms with E-state index in [1.807, 2.05) is 6.07 Å². The van der Waals surface area contributed by atoms with Gasteiger partial charge in [0.05, 0.1) is 11.4 Å². The summed E-state index contributed by atoms with van der Waals surface area (Å²) >= 11 is 1.27. The van der Waals surface area contributed by atoms with E-state index in [2.05, 4.69) is 38.3 Å². The third kappa shape index (κ3) is 4.62. The molecule has 0 radical (unpaired) electrons. The number of tetrazole rings is 1. The number of carbonyl (C=O) groups excluding carboxylic acids is 2. The molecule has 0 atom stereocenters. The summed E-state index contributed by atoms with van der Waals surface area (Å²) in [7, 11) is 0. The molecule has 1 heterocycles. The third-order valence-corrected chi connectivity index (χ3v) is 5.49. The van der Waals surface area contributed by atoms with Gasteiger partial charge in [-0.05, 0) is 71.1 Å². The lowest BCUT2D eigenvalue weighted by molar-refractivity contribution is -0.114. The molecule has 3 aromatic rings. The van der Waals surface area contributed by atoms with Crippen LogP contribution in [0.5, 0.6) is 0 Å². The Morgan fingerprint density at radius 1 is 1.07 bits per heavy atom. The predicted molar refractivity (Wildman–Crippen MR) is 111 cm³/mol. The van der Waals surface area contributed by atoms with Gasteiger partial charge in [0, 0.05) is 18.3 Å². The molecule has 0 spiro atoms. The van der Waals surface area contributed by atoms with E-state index in [9.17, 15) is 9.59 Å². The molecule has 29 heavy (non-hydrogen) atoms. The predicted octanol–water partition coefficient (Wildman–Crippen LogP) is 2.84. The number of amides is 2. The number of aryl methyl sites for hydroxylation is 2. The molecule has 0 fully saturated rings. The van der Waals surface area contributed by atoms with Crippen LogP contribution in [-0.2, 0) is 22.4 Å². The zero-order chi connectivity index (χ0) is 20.2. The summed E-state index contributed by atoms with van der Waals surface area (Å²) in [6, 6.07) is 13.3. The molecule has 2 N–H and O–H groups in total. The lowest BCUT2D eigenvalue weighted by Crippen LogP contribution is -2.15. The van der Waals surface area contributed by atoms with Crippen LogP contribution < -0.4 is 10.6 Å². The van der Waals surface area contributed by atoms with Crippen LogP contribution in [0.4, 0.5) is 11.4 Å². The summed E-state index contributed by atoms with van der Waals surface area (Å²) in [4.78, 5) is 23.5. The Hall–Kier alpha value is -3.20. The first-order valence-corrected chi connectivity index (χ1v) is 10.3. The second-order valence-corrected chi connectivity index (χ2v) is 7.72. The first-order valence-electron chi connectivity index (χ1n) is 9.29. The van der Waals surface area contributed by atoms with E-state index < -0.39 is 0 Å². The first-order chi connectivity index (χ1) is 14.1. The smallest absolute Gasteiger partial charge is 0.234 e. The van der Waals surface area contributed by atoms with Gasteiger partial charge in [-0.3, -0.25) is 9.59 Å². The van der Waals surface area contributed by atoms with Crippen LogP contribution >= 0.6 is 11.8 Å². The maximum atomic E-state index is 12.3. The summed E-state index contributed by atoms with van der Waals surface area (Å²) in [6.07, 6.45) is 3.38. The average molecular weight is 408 g/mol. The maximum absolute atomic E-state index is 12.3. The minimum absolute atomic E-state index is 0.162. The Morgan fingerprint density at radius 2 is 1.86 bits per heavy atom. The molecule has 148 valence electrons. The number of nitrogens with zero attached hydrogens (tertiary/aromatic N) is 4. The van der Waals surface area contributed by atoms with Crippen molar-refractivity contribution >= 4 is 35.0 Å². The average Bonchev–Trinajstić information content (AvgIpc) is 3.34. The zero-order valence-electron chi connectivity index (χ0n) is 15.9. The zero-order valence-corrected chi connectivity index (χ0v) is 16.7. The fraction of sp³-hybridized carbons (Fsp3) is 0.250. The minimum Gasteiger partial charge on any atom is -0.326 e. The lowest BCUT2D eigenvalue weighted by Gasteiger charge is -2.08. The van der Waals surface area contributed by atoms with Gasteiger partial charge in [-0.25, -0.2) is 0 Å². The number of rotatable bonds is 6. The first kappa shape index (κ1) is 19.1. The summed E-state index contributed by atoms with van der Waals surface area (Å²) in [5, 5.41) is 18.0. The normalized spacial score (nSPS) is 12.4. The maximum Gasteiger partial charge on any atom is 0.234 e. The molecular formula is C20H20N6O2S. The number of anilines is 2. The number of thioether (sulfide) groups is 1. The van der Waals surface area contributed by atoms with Crippen molar-refractivity contribution in [3.05, 3.63) is 53.6 Å². The number of hydrogen-bond donors (Lipinski definition) is 2. The molecule has 8 nitrogen and oxygen atoms in total. The molecule has 0 aliphatic heterocycles. The Balaban J connectivity index is 1.39. The molecule has 4 rings (SSSR count). The molecule has 2 amide bonds. The van der Waals surface area contributed by atoms with Crippen molar-refractivity contribution in [1.82, 2.24) is 20.2 Å². The Kier molecular flexibility index (Phi) is 5.57. The molecule has 9 heteroatoms. The second-order valence-electron chi connectivity index (χ2n) is 6.78. The van der Waals surface area contributed by atoms with E-state index in [-0.39, 0.29) is 17.6 Å². The highest BCUT2D eigenvalue weighted by Crippen LogP contribution is 2.26. The van der Waals surface area contributed by atoms with E-state index >= 15 is 0 Å². The molecule has 0 saturated carbocycles. The van der Waals surface area contributed by atoms with Crippen molar-refractivity contribution in [2.75, 3.05) is 16.4 Å². The SMILES string of the molecule is CC(=O)Nc1cccc(NC(=O)CSc2nnnn2-c2ccc3c(c2)CCC3)c1. The summed E-state index contributed by atoms with van der Waals surface area (Å²) < 4.78 is 1.66. The molecule has 0 bridgehead atoms. The van der Waals surface area contributed by atoms with Crippen molar-refractivity contribution in [3.8, 4) is 5.69 Å². The number of benzene rings is 2. The number of carbonyl (C=O) groups is 2. The molecule has 2 aromatic carbocycles. The molecule has 1 aromatic heterocycles. The van der Waals surface area contributed by atoms with Crippen LogP contribution in [0.1, 0.15) is 24.5 Å². The van der Waals surface area contributed by atoms with Crippen molar-refractivity contribution in [1.29, 1.82) is 0 Å². The standard InChI is InChI=1S/C20H20N6O2S/c1-13(27)21-16-6-3-7-17(11-16)22-19(28)12-29-20-23-24-25-26(20)18-9-8-14-4-2-5-15(14)10-18/h3,6-11H,2,4-5,12H2,1H3,(H,21,27)(H,22,28). The van der Waals surface area contributed by atoms with E-state index in [0.29, 0.717) is 16.5 Å². The number of hydrogen-bond acceptors (Lipinski definition) is 6. The summed E-state index contributed by atoms with van der Waals surface area (Å²) in [6.45, 7) is 1.44. The van der Waals surface area contributed by atoms with Crippen molar-refractivity contribution in [3.63, 3.8) is 0 Å². The fourth-order valence-electron chi connectivity index (χ4n) is 3.33. The lowest BCUT2D eigenvalue weighted by atomic mass is 10.1. The molecule has 0 unspecified atom stereocenters. The Labute approximate surface area is 172 Å². The highest BCUT2D eigenvalue weighted by molar-refractivity contribution is 7.99. The summed E-state index contributed by atoms with van der Waals surface area (Å²) in [5.41, 5.74) is 4.87. The van der Waals surface area contributed by atoms with Crippen LogP contribution in [0.25, 0.3) is 5.69 Å². The number of nitrogens with one attached hydrogen (secondary N) is 2. The topological polar surface area (TPSA) is 102 Å². The minimum atomic E-state index is -0.182. The second kappa shape index (κ2) is 8.44. The van der Waals surface area contributed by atoms with Crippen molar-refractivity contribution in [2.45, 2.75) is 31.3 Å². The fourth-order valence-corrected chi connectivity index (χ4v) is 4.02. The largest absolute Gasteiger partial charge is 0.326 e. The van der Waals surface area contributed by atoms with Gasteiger partial charge >= 0.3 is 0 Å². The van der Waals surface area contributed by atoms with Gasteiger partial charge in [-0.15, -0.1) is 5.10 Å². The molecular weight excluding hydrogens is 388 g/mol. The number of aromatic nitrogens is 4. The van der Waals surface area contributed by atoms with Crippen molar-refractivity contribution < 1.29 is 9.59 Å². The quantitative estimate of drug-likeness (QED) is 0.608. The Morgan fingerprint density at radius 3 is 2.69 bits per heavy atom. The number of fused-ring (bicyclic) bond motifs is 1. The summed E-state index contributed by atoms with van der Waals surface area (Å²) in [5.74, 6) is -0.184. The van der Waals surface area contributed by atoms with Gasteiger partial charge in [0.1, 0.15) is 0 Å². The highest BCUT2D eigenvalue weighted by atomic mass is 32.2. The van der Waals surface area contributed by atoms with Crippen LogP contribution in [0.2, 0.25) is 0 Å². The van der Waals surface area contributed by atoms with Crippen LogP contribution in [-0.4, -0.2) is 37.8 Å². The molecule has 1 aliphatic rings. The highest BCUT2D eigenvalue weighted by Gasteiger charge is 2.15. The monoisotopic (exact) mass is 408 g/mol. The van der Waals surface area contributed by atoms with Crippen molar-refractivity contribution in [2.24, 2.45) is 0 Å². The van der Waals surface area contributed by atoms with Gasteiger partial charge < -0.3 is 10.6 Å². The van der Waals surface area contributed by atoms with Gasteiger partial charge in [-0.2, -0.15) is 4.68 Å². The van der Waals surface area contributed by atoms with E-state index in [1.54, 1.807) is 28.9 Å². The van der Waals surface area contributed by atoms with Gasteiger partial charge in [0.15, 0.2) is 0 Å². The molecule has 0 saturated heterocycles. The molecule has 1 aliphatic carbocycles. The van der Waals surface area contributed by atoms with Crippen LogP contribution in [0.15, 0.2) is 47.6 Å². The van der Waals surface area contributed by atoms with Crippen LogP contribution in [0, 0.1) is 0 Å². The van der Waals surface area contributed by atoms with E-state index in [0.717, 1.165) is 18.5 Å². The van der Waals surface area contributed by atoms with E-state index in [1.165, 1.54) is 36.2 Å². The van der Waals surface area contributed by atoms with Gasteiger partial charge in [0.25, 0.3) is 0 Å². The Bertz CT molecular complexity index is 1060.